The fraction of sp³-hybridized carbons (Fsp3) is 0.148. The highest BCUT2D eigenvalue weighted by Crippen LogP contribution is 2.45. The highest BCUT2D eigenvalue weighted by molar-refractivity contribution is 6.13. The van der Waals surface area contributed by atoms with Crippen LogP contribution in [0.15, 0.2) is 71.3 Å². The van der Waals surface area contributed by atoms with Gasteiger partial charge in [0, 0.05) is 37.6 Å². The third-order valence-corrected chi connectivity index (χ3v) is 6.04. The normalized spacial score (nSPS) is 15.6. The lowest BCUT2D eigenvalue weighted by Crippen LogP contribution is -2.30. The molecule has 0 saturated heterocycles. The Morgan fingerprint density at radius 3 is 2.58 bits per heavy atom. The summed E-state index contributed by atoms with van der Waals surface area (Å²) in [5.74, 6) is -0.0604. The van der Waals surface area contributed by atoms with E-state index in [9.17, 15) is 0 Å². The van der Waals surface area contributed by atoms with Gasteiger partial charge >= 0.3 is 0 Å². The van der Waals surface area contributed by atoms with Crippen molar-refractivity contribution in [1.82, 2.24) is 0 Å². The van der Waals surface area contributed by atoms with E-state index in [0.717, 1.165) is 27.6 Å². The molecular formula is C27H21FNO2+. The van der Waals surface area contributed by atoms with E-state index in [4.69, 9.17) is 11.9 Å². The van der Waals surface area contributed by atoms with E-state index in [1.807, 2.05) is 49.0 Å². The SMILES string of the molecule is [2H]C1([2H])COc2c(-c3c(F)ccc4c3oc3c(-c5cccc[n+]5C)c(C)ccc34)cccc21. The molecule has 0 amide bonds. The summed E-state index contributed by atoms with van der Waals surface area (Å²) >= 11 is 0. The molecule has 6 rings (SSSR count). The number of para-hydroxylation sites is 1. The molecule has 31 heavy (non-hydrogen) atoms. The van der Waals surface area contributed by atoms with Crippen LogP contribution in [0.4, 0.5) is 4.39 Å². The summed E-state index contributed by atoms with van der Waals surface area (Å²) < 4.78 is 46.0. The molecule has 152 valence electrons. The molecule has 0 unspecified atom stereocenters. The number of aromatic nitrogens is 1. The lowest BCUT2D eigenvalue weighted by atomic mass is 9.97. The van der Waals surface area contributed by atoms with Crippen molar-refractivity contribution in [2.24, 2.45) is 7.05 Å². The van der Waals surface area contributed by atoms with Crippen molar-refractivity contribution in [3.05, 3.63) is 83.8 Å². The van der Waals surface area contributed by atoms with E-state index in [-0.39, 0.29) is 6.61 Å². The van der Waals surface area contributed by atoms with E-state index in [1.165, 1.54) is 6.07 Å². The zero-order valence-electron chi connectivity index (χ0n) is 19.2. The highest BCUT2D eigenvalue weighted by Gasteiger charge is 2.25. The fourth-order valence-electron chi connectivity index (χ4n) is 4.54. The number of aryl methyl sites for hydroxylation is 2. The van der Waals surface area contributed by atoms with E-state index in [2.05, 4.69) is 6.07 Å². The second-order valence-corrected chi connectivity index (χ2v) is 7.88. The van der Waals surface area contributed by atoms with Gasteiger partial charge in [0.1, 0.15) is 29.8 Å². The number of nitrogens with zero attached hydrogens (tertiary/aromatic N) is 1. The smallest absolute Gasteiger partial charge is 0.216 e. The van der Waals surface area contributed by atoms with Crippen LogP contribution in [0, 0.1) is 12.7 Å². The monoisotopic (exact) mass is 412 g/mol. The molecule has 3 aromatic carbocycles. The first-order valence-corrected chi connectivity index (χ1v) is 10.2. The second kappa shape index (κ2) is 6.67. The predicted octanol–water partition coefficient (Wildman–Crippen LogP) is 6.13. The van der Waals surface area contributed by atoms with Gasteiger partial charge in [-0.3, -0.25) is 0 Å². The Hall–Kier alpha value is -3.66. The molecular weight excluding hydrogens is 389 g/mol. The number of fused-ring (bicyclic) bond motifs is 4. The van der Waals surface area contributed by atoms with Crippen molar-refractivity contribution in [3.63, 3.8) is 0 Å². The summed E-state index contributed by atoms with van der Waals surface area (Å²) in [5.41, 5.74) is 5.37. The maximum absolute atomic E-state index is 15.3. The molecule has 0 radical (unpaired) electrons. The van der Waals surface area contributed by atoms with Crippen LogP contribution in [0.25, 0.3) is 44.3 Å². The molecule has 0 N–H and O–H groups in total. The van der Waals surface area contributed by atoms with E-state index in [0.29, 0.717) is 33.6 Å². The van der Waals surface area contributed by atoms with Crippen molar-refractivity contribution in [3.8, 4) is 28.1 Å². The van der Waals surface area contributed by atoms with E-state index in [1.54, 1.807) is 24.3 Å². The first kappa shape index (κ1) is 16.1. The topological polar surface area (TPSA) is 26.2 Å². The van der Waals surface area contributed by atoms with Gasteiger partial charge in [0.25, 0.3) is 0 Å². The summed E-state index contributed by atoms with van der Waals surface area (Å²) in [6.07, 6.45) is 0.371. The highest BCUT2D eigenvalue weighted by atomic mass is 19.1. The number of benzene rings is 3. The lowest BCUT2D eigenvalue weighted by molar-refractivity contribution is -0.660. The summed E-state index contributed by atoms with van der Waals surface area (Å²) in [6.45, 7) is 1.95. The molecule has 0 saturated carbocycles. The van der Waals surface area contributed by atoms with Crippen molar-refractivity contribution in [2.75, 3.05) is 6.61 Å². The number of ether oxygens (including phenoxy) is 1. The van der Waals surface area contributed by atoms with Crippen LogP contribution in [0.5, 0.6) is 5.75 Å². The van der Waals surface area contributed by atoms with Crippen LogP contribution >= 0.6 is 0 Å². The summed E-state index contributed by atoms with van der Waals surface area (Å²) in [7, 11) is 1.99. The minimum atomic E-state index is -1.62. The van der Waals surface area contributed by atoms with E-state index < -0.39 is 12.2 Å². The van der Waals surface area contributed by atoms with Gasteiger partial charge in [-0.1, -0.05) is 30.3 Å². The van der Waals surface area contributed by atoms with Crippen LogP contribution in [0.3, 0.4) is 0 Å². The van der Waals surface area contributed by atoms with Crippen LogP contribution in [-0.4, -0.2) is 6.61 Å². The van der Waals surface area contributed by atoms with Gasteiger partial charge in [0.05, 0.1) is 17.7 Å². The molecule has 5 aromatic rings. The molecule has 0 spiro atoms. The zero-order chi connectivity index (χ0) is 22.9. The van der Waals surface area contributed by atoms with E-state index >= 15 is 4.39 Å². The molecule has 0 bridgehead atoms. The Morgan fingerprint density at radius 1 is 0.935 bits per heavy atom. The van der Waals surface area contributed by atoms with Gasteiger partial charge < -0.3 is 9.15 Å². The van der Waals surface area contributed by atoms with Crippen LogP contribution in [0.1, 0.15) is 13.9 Å². The zero-order valence-corrected chi connectivity index (χ0v) is 17.2. The van der Waals surface area contributed by atoms with Crippen molar-refractivity contribution < 1.29 is 20.9 Å². The molecule has 0 atom stereocenters. The summed E-state index contributed by atoms with van der Waals surface area (Å²) in [5, 5.41) is 1.71. The lowest BCUT2D eigenvalue weighted by Gasteiger charge is -2.09. The largest absolute Gasteiger partial charge is 0.492 e. The number of hydrogen-bond donors (Lipinski definition) is 0. The Morgan fingerprint density at radius 2 is 1.74 bits per heavy atom. The van der Waals surface area contributed by atoms with Crippen LogP contribution in [0.2, 0.25) is 0 Å². The number of furan rings is 1. The number of pyridine rings is 1. The summed E-state index contributed by atoms with van der Waals surface area (Å²) in [6, 6.07) is 18.4. The third kappa shape index (κ3) is 2.61. The van der Waals surface area contributed by atoms with Crippen LogP contribution in [-0.2, 0) is 13.4 Å². The van der Waals surface area contributed by atoms with Crippen molar-refractivity contribution in [2.45, 2.75) is 13.3 Å². The minimum Gasteiger partial charge on any atom is -0.492 e. The van der Waals surface area contributed by atoms with Crippen molar-refractivity contribution in [1.29, 1.82) is 0 Å². The Bertz CT molecular complexity index is 1590. The molecule has 1 aliphatic rings. The maximum atomic E-state index is 15.3. The van der Waals surface area contributed by atoms with Crippen LogP contribution < -0.4 is 9.30 Å². The van der Waals surface area contributed by atoms with Gasteiger partial charge in [0.2, 0.25) is 5.69 Å². The fourth-order valence-corrected chi connectivity index (χ4v) is 4.54. The van der Waals surface area contributed by atoms with Gasteiger partial charge in [-0.25, -0.2) is 8.96 Å². The van der Waals surface area contributed by atoms with Gasteiger partial charge in [-0.2, -0.15) is 0 Å². The van der Waals surface area contributed by atoms with Gasteiger partial charge in [0.15, 0.2) is 6.20 Å². The Labute approximate surface area is 182 Å². The Balaban J connectivity index is 1.71. The minimum absolute atomic E-state index is 0.0923. The molecule has 0 fully saturated rings. The quantitative estimate of drug-likeness (QED) is 0.326. The van der Waals surface area contributed by atoms with Gasteiger partial charge in [-0.05, 0) is 36.2 Å². The molecule has 3 heterocycles. The predicted molar refractivity (Wildman–Crippen MR) is 120 cm³/mol. The average molecular weight is 412 g/mol. The molecule has 0 aliphatic carbocycles. The summed E-state index contributed by atoms with van der Waals surface area (Å²) in [4.78, 5) is 0. The van der Waals surface area contributed by atoms with Gasteiger partial charge in [-0.15, -0.1) is 0 Å². The Kier molecular flexibility index (Phi) is 3.46. The second-order valence-electron chi connectivity index (χ2n) is 7.88. The molecule has 3 nitrogen and oxygen atoms in total. The first-order chi connectivity index (χ1) is 15.9. The number of halogens is 1. The number of rotatable bonds is 2. The first-order valence-electron chi connectivity index (χ1n) is 11.2. The maximum Gasteiger partial charge on any atom is 0.216 e. The molecule has 1 aliphatic heterocycles. The third-order valence-electron chi connectivity index (χ3n) is 6.04. The molecule has 4 heteroatoms. The van der Waals surface area contributed by atoms with Crippen molar-refractivity contribution >= 4 is 21.9 Å². The average Bonchev–Trinajstić information content (AvgIpc) is 3.31. The number of hydrogen-bond acceptors (Lipinski definition) is 2. The standard InChI is InChI=1S/C27H21FNO2/c1-16-9-10-18-19-11-12-21(28)24(20-7-5-6-17-13-15-30-25(17)20)27(19)31-26(18)23(16)22-8-3-4-14-29(22)2/h3-12,14H,13,15H2,1-2H3/q+1/i13D2. The molecule has 2 aromatic heterocycles.